The maximum Gasteiger partial charge on any atom is 0.314 e. The van der Waals surface area contributed by atoms with Gasteiger partial charge in [-0.2, -0.15) is 8.42 Å². The molecule has 7 aliphatic rings. The lowest BCUT2D eigenvalue weighted by molar-refractivity contribution is -0.164. The lowest BCUT2D eigenvalue weighted by Gasteiger charge is -2.59. The van der Waals surface area contributed by atoms with Crippen molar-refractivity contribution in [3.05, 3.63) is 36.4 Å². The number of carbonyl (C=O) groups excluding carboxylic acids is 1. The van der Waals surface area contributed by atoms with Crippen molar-refractivity contribution in [2.75, 3.05) is 0 Å². The van der Waals surface area contributed by atoms with Crippen LogP contribution in [0.2, 0.25) is 0 Å². The van der Waals surface area contributed by atoms with Crippen LogP contribution in [0.25, 0.3) is 10.8 Å². The van der Waals surface area contributed by atoms with E-state index in [-0.39, 0.29) is 34.9 Å². The number of rotatable bonds is 3. The van der Waals surface area contributed by atoms with Crippen molar-refractivity contribution in [3.63, 3.8) is 0 Å². The Kier molecular flexibility index (Phi) is 4.26. The smallest absolute Gasteiger partial charge is 0.314 e. The van der Waals surface area contributed by atoms with Gasteiger partial charge in [-0.05, 0) is 79.7 Å². The van der Waals surface area contributed by atoms with E-state index in [4.69, 9.17) is 14.2 Å². The van der Waals surface area contributed by atoms with Gasteiger partial charge in [-0.3, -0.25) is 9.35 Å². The maximum atomic E-state index is 13.8. The van der Waals surface area contributed by atoms with Gasteiger partial charge in [-0.25, -0.2) is 0 Å². The average Bonchev–Trinajstić information content (AvgIpc) is 3.65. The highest BCUT2D eigenvalue weighted by atomic mass is 32.2. The predicted molar refractivity (Wildman–Crippen MR) is 124 cm³/mol. The Morgan fingerprint density at radius 2 is 1.37 bits per heavy atom. The summed E-state index contributed by atoms with van der Waals surface area (Å²) >= 11 is 0. The molecule has 0 spiro atoms. The molecule has 9 rings (SSSR count). The minimum absolute atomic E-state index is 0.187. The second-order valence-electron chi connectivity index (χ2n) is 11.5. The van der Waals surface area contributed by atoms with Crippen LogP contribution < -0.4 is 4.74 Å². The first-order valence-corrected chi connectivity index (χ1v) is 14.4. The molecule has 9 unspecified atom stereocenters. The van der Waals surface area contributed by atoms with Gasteiger partial charge in [0.1, 0.15) is 10.6 Å². The van der Waals surface area contributed by atoms with Crippen LogP contribution >= 0.6 is 0 Å². The Balaban J connectivity index is 1.16. The highest BCUT2D eigenvalue weighted by Crippen LogP contribution is 2.70. The molecule has 35 heavy (non-hydrogen) atoms. The first-order valence-electron chi connectivity index (χ1n) is 12.9. The van der Waals surface area contributed by atoms with Gasteiger partial charge >= 0.3 is 5.97 Å². The summed E-state index contributed by atoms with van der Waals surface area (Å²) in [5, 5.41) is 0.841. The Bertz CT molecular complexity index is 1320. The van der Waals surface area contributed by atoms with E-state index in [0.29, 0.717) is 58.3 Å². The van der Waals surface area contributed by atoms with Crippen LogP contribution in [0.3, 0.4) is 0 Å². The van der Waals surface area contributed by atoms with Gasteiger partial charge < -0.3 is 14.2 Å². The third-order valence-corrected chi connectivity index (χ3v) is 11.2. The molecule has 1 N–H and O–H groups in total. The van der Waals surface area contributed by atoms with Gasteiger partial charge in [0.2, 0.25) is 0 Å². The second-order valence-corrected chi connectivity index (χ2v) is 12.9. The molecule has 4 aliphatic heterocycles. The third-order valence-electron chi connectivity index (χ3n) is 10.3. The number of benzene rings is 2. The van der Waals surface area contributed by atoms with E-state index in [1.165, 1.54) is 12.1 Å². The first kappa shape index (κ1) is 21.1. The molecule has 6 bridgehead atoms. The molecule has 2 aromatic carbocycles. The van der Waals surface area contributed by atoms with E-state index < -0.39 is 10.1 Å². The summed E-state index contributed by atoms with van der Waals surface area (Å²) in [4.78, 5) is 13.6. The summed E-state index contributed by atoms with van der Waals surface area (Å²) in [5.74, 6) is 2.47. The summed E-state index contributed by atoms with van der Waals surface area (Å²) in [5.41, 5.74) is 0. The van der Waals surface area contributed by atoms with Crippen molar-refractivity contribution in [1.29, 1.82) is 0 Å². The van der Waals surface area contributed by atoms with Crippen LogP contribution in [0.5, 0.6) is 5.75 Å². The Labute approximate surface area is 203 Å². The van der Waals surface area contributed by atoms with E-state index in [9.17, 15) is 17.8 Å². The molecule has 4 heterocycles. The minimum atomic E-state index is -4.40. The fraction of sp³-hybridized carbons (Fsp3) is 0.593. The second kappa shape index (κ2) is 7.06. The Morgan fingerprint density at radius 3 is 1.97 bits per heavy atom. The molecular formula is C27H28O7S. The standard InChI is InChI=1S/C27H28O7S/c28-27(34-16-9-10-21(35(29,30)31)13-4-2-1-3-12(13)16)15-11-14-22-17-5-7-19(32-17)25(22)24(15)26-20-8-6-18(33-20)23(14)26/h1-4,9-10,14-15,17-20,22-26H,5-8,11H2,(H,29,30,31). The molecule has 8 heteroatoms. The highest BCUT2D eigenvalue weighted by molar-refractivity contribution is 7.86. The van der Waals surface area contributed by atoms with Crippen molar-refractivity contribution >= 4 is 26.9 Å². The molecule has 7 fully saturated rings. The summed E-state index contributed by atoms with van der Waals surface area (Å²) in [7, 11) is -4.40. The molecule has 3 aliphatic carbocycles. The third kappa shape index (κ3) is 2.77. The van der Waals surface area contributed by atoms with Crippen LogP contribution in [-0.2, 0) is 24.4 Å². The number of hydrogen-bond acceptors (Lipinski definition) is 6. The zero-order valence-corrected chi connectivity index (χ0v) is 20.0. The van der Waals surface area contributed by atoms with Crippen molar-refractivity contribution in [1.82, 2.24) is 0 Å². The summed E-state index contributed by atoms with van der Waals surface area (Å²) < 4.78 is 52.3. The first-order chi connectivity index (χ1) is 16.9. The number of ether oxygens (including phenoxy) is 3. The molecule has 7 nitrogen and oxygen atoms in total. The van der Waals surface area contributed by atoms with Gasteiger partial charge in [0, 0.05) is 10.8 Å². The Hall–Kier alpha value is -2.00. The molecular weight excluding hydrogens is 468 g/mol. The van der Waals surface area contributed by atoms with Gasteiger partial charge in [-0.15, -0.1) is 0 Å². The number of carbonyl (C=O) groups is 1. The highest BCUT2D eigenvalue weighted by Gasteiger charge is 2.72. The van der Waals surface area contributed by atoms with E-state index >= 15 is 0 Å². The fourth-order valence-corrected chi connectivity index (χ4v) is 10.1. The minimum Gasteiger partial charge on any atom is -0.426 e. The molecule has 4 saturated heterocycles. The number of hydrogen-bond donors (Lipinski definition) is 1. The van der Waals surface area contributed by atoms with Crippen LogP contribution in [0.4, 0.5) is 0 Å². The summed E-state index contributed by atoms with van der Waals surface area (Å²) in [6.07, 6.45) is 6.47. The normalized spacial score (nSPS) is 44.5. The van der Waals surface area contributed by atoms with Crippen molar-refractivity contribution in [2.45, 2.75) is 61.4 Å². The maximum absolute atomic E-state index is 13.8. The summed E-state index contributed by atoms with van der Waals surface area (Å²) in [6, 6.07) is 9.61. The predicted octanol–water partition coefficient (Wildman–Crippen LogP) is 3.85. The lowest BCUT2D eigenvalue weighted by atomic mass is 9.42. The van der Waals surface area contributed by atoms with Crippen LogP contribution in [0.15, 0.2) is 41.3 Å². The number of fused-ring (bicyclic) bond motifs is 6. The monoisotopic (exact) mass is 496 g/mol. The fourth-order valence-electron chi connectivity index (χ4n) is 9.44. The lowest BCUT2D eigenvalue weighted by Crippen LogP contribution is -2.62. The summed E-state index contributed by atoms with van der Waals surface area (Å²) in [6.45, 7) is 0. The van der Waals surface area contributed by atoms with E-state index in [0.717, 1.165) is 32.1 Å². The average molecular weight is 497 g/mol. The molecule has 0 aromatic heterocycles. The molecule has 9 atom stereocenters. The van der Waals surface area contributed by atoms with Crippen molar-refractivity contribution < 1.29 is 32.0 Å². The van der Waals surface area contributed by atoms with Gasteiger partial charge in [-0.1, -0.05) is 24.3 Å². The van der Waals surface area contributed by atoms with E-state index in [2.05, 4.69) is 0 Å². The topological polar surface area (TPSA) is 99.1 Å². The number of esters is 1. The van der Waals surface area contributed by atoms with E-state index in [1.807, 2.05) is 0 Å². The quantitative estimate of drug-likeness (QED) is 0.392. The molecule has 0 radical (unpaired) electrons. The largest absolute Gasteiger partial charge is 0.426 e. The SMILES string of the molecule is O=C(Oc1ccc(S(=O)(=O)O)c2ccccc12)C1CC2C3C4CCC(O4)C3C1C1C3CCC(O3)C21. The molecule has 3 saturated carbocycles. The van der Waals surface area contributed by atoms with E-state index in [1.54, 1.807) is 24.3 Å². The zero-order valence-electron chi connectivity index (χ0n) is 19.2. The molecule has 0 amide bonds. The zero-order chi connectivity index (χ0) is 23.6. The van der Waals surface area contributed by atoms with Crippen LogP contribution in [0, 0.1) is 41.4 Å². The van der Waals surface area contributed by atoms with Gasteiger partial charge in [0.15, 0.2) is 0 Å². The van der Waals surface area contributed by atoms with Gasteiger partial charge in [0.05, 0.1) is 30.3 Å². The van der Waals surface area contributed by atoms with Crippen molar-refractivity contribution in [2.24, 2.45) is 41.4 Å². The van der Waals surface area contributed by atoms with Gasteiger partial charge in [0.25, 0.3) is 10.1 Å². The van der Waals surface area contributed by atoms with Crippen LogP contribution in [0.1, 0.15) is 32.1 Å². The Morgan fingerprint density at radius 1 is 0.800 bits per heavy atom. The van der Waals surface area contributed by atoms with Crippen molar-refractivity contribution in [3.8, 4) is 5.75 Å². The molecule has 184 valence electrons. The molecule has 2 aromatic rings. The van der Waals surface area contributed by atoms with Crippen LogP contribution in [-0.4, -0.2) is 43.4 Å².